The second kappa shape index (κ2) is 9.19. The van der Waals surface area contributed by atoms with Gasteiger partial charge in [0.05, 0.1) is 18.0 Å². The molecule has 3 rings (SSSR count). The van der Waals surface area contributed by atoms with Crippen LogP contribution in [0.2, 0.25) is 5.02 Å². The van der Waals surface area contributed by atoms with Gasteiger partial charge >= 0.3 is 0 Å². The lowest BCUT2D eigenvalue weighted by molar-refractivity contribution is 0.0950. The van der Waals surface area contributed by atoms with E-state index < -0.39 is 0 Å². The maximum absolute atomic E-state index is 12.4. The lowest BCUT2D eigenvalue weighted by Crippen LogP contribution is -2.20. The van der Waals surface area contributed by atoms with Gasteiger partial charge in [0.1, 0.15) is 11.4 Å². The van der Waals surface area contributed by atoms with Crippen LogP contribution in [-0.4, -0.2) is 28.4 Å². The molecule has 28 heavy (non-hydrogen) atoms. The second-order valence-electron chi connectivity index (χ2n) is 5.98. The average molecular weight is 397 g/mol. The van der Waals surface area contributed by atoms with E-state index in [-0.39, 0.29) is 5.91 Å². The number of hydrogen-bond acceptors (Lipinski definition) is 4. The number of benzene rings is 2. The molecule has 0 aliphatic rings. The fourth-order valence-electron chi connectivity index (χ4n) is 2.64. The van der Waals surface area contributed by atoms with Crippen molar-refractivity contribution in [3.8, 4) is 17.0 Å². The van der Waals surface area contributed by atoms with Crippen LogP contribution < -0.4 is 10.2 Å². The molecule has 7 heteroatoms. The number of nitrogens with one attached hydrogen (secondary N) is 2. The number of aromatic nitrogens is 2. The first-order valence-electron chi connectivity index (χ1n) is 9.02. The maximum Gasteiger partial charge on any atom is 0.289 e. The standard InChI is InChI=1S/C21H21ClN4O2/c1-3-18(14-7-11-17(12-8-14)28-4-2)23-26-21(27)20-13-19(24-25-20)15-5-9-16(22)10-6-15/h5-13H,3-4H2,1-2H3,(H,24,25)(H,26,27). The van der Waals surface area contributed by atoms with Gasteiger partial charge in [-0.05, 0) is 61.4 Å². The Morgan fingerprint density at radius 1 is 1.14 bits per heavy atom. The van der Waals surface area contributed by atoms with E-state index in [1.54, 1.807) is 18.2 Å². The second-order valence-corrected chi connectivity index (χ2v) is 6.42. The molecule has 144 valence electrons. The third-order valence-corrected chi connectivity index (χ3v) is 4.34. The van der Waals surface area contributed by atoms with Gasteiger partial charge in [0.15, 0.2) is 0 Å². The van der Waals surface area contributed by atoms with Crippen molar-refractivity contribution in [2.75, 3.05) is 6.61 Å². The number of H-pyrrole nitrogens is 1. The molecule has 0 aliphatic heterocycles. The summed E-state index contributed by atoms with van der Waals surface area (Å²) in [6, 6.07) is 16.6. The van der Waals surface area contributed by atoms with Crippen molar-refractivity contribution in [1.82, 2.24) is 15.6 Å². The molecule has 0 radical (unpaired) electrons. The number of hydrogen-bond donors (Lipinski definition) is 2. The summed E-state index contributed by atoms with van der Waals surface area (Å²) in [6.07, 6.45) is 0.674. The van der Waals surface area contributed by atoms with Gasteiger partial charge in [-0.15, -0.1) is 0 Å². The van der Waals surface area contributed by atoms with Crippen molar-refractivity contribution >= 4 is 23.2 Å². The van der Waals surface area contributed by atoms with Gasteiger partial charge in [-0.2, -0.15) is 10.2 Å². The molecular weight excluding hydrogens is 376 g/mol. The van der Waals surface area contributed by atoms with E-state index in [0.29, 0.717) is 29.4 Å². The van der Waals surface area contributed by atoms with Crippen molar-refractivity contribution in [1.29, 1.82) is 0 Å². The first kappa shape index (κ1) is 19.6. The molecule has 0 unspecified atom stereocenters. The summed E-state index contributed by atoms with van der Waals surface area (Å²) < 4.78 is 5.45. The SMILES string of the molecule is CCOc1ccc(C(CC)=NNC(=O)c2cc(-c3ccc(Cl)cc3)n[nH]2)cc1. The Morgan fingerprint density at radius 3 is 2.50 bits per heavy atom. The summed E-state index contributed by atoms with van der Waals surface area (Å²) in [4.78, 5) is 12.4. The van der Waals surface area contributed by atoms with Crippen molar-refractivity contribution in [3.05, 3.63) is 70.9 Å². The van der Waals surface area contributed by atoms with Gasteiger partial charge in [0, 0.05) is 10.6 Å². The number of nitrogens with zero attached hydrogens (tertiary/aromatic N) is 2. The molecule has 2 aromatic carbocycles. The Balaban J connectivity index is 1.70. The minimum Gasteiger partial charge on any atom is -0.494 e. The number of halogens is 1. The number of carbonyl (C=O) groups excluding carboxylic acids is 1. The van der Waals surface area contributed by atoms with E-state index >= 15 is 0 Å². The van der Waals surface area contributed by atoms with E-state index in [1.807, 2.05) is 50.2 Å². The van der Waals surface area contributed by atoms with Crippen molar-refractivity contribution in [2.45, 2.75) is 20.3 Å². The number of hydrazone groups is 1. The van der Waals surface area contributed by atoms with Crippen LogP contribution in [0, 0.1) is 0 Å². The first-order valence-corrected chi connectivity index (χ1v) is 9.40. The minimum absolute atomic E-state index is 0.329. The molecule has 0 atom stereocenters. The molecule has 0 fully saturated rings. The summed E-state index contributed by atoms with van der Waals surface area (Å²) in [5.74, 6) is 0.447. The van der Waals surface area contributed by atoms with E-state index in [9.17, 15) is 4.79 Å². The lowest BCUT2D eigenvalue weighted by atomic mass is 10.1. The highest BCUT2D eigenvalue weighted by Gasteiger charge is 2.11. The van der Waals surface area contributed by atoms with Crippen molar-refractivity contribution in [2.24, 2.45) is 5.10 Å². The molecule has 0 saturated heterocycles. The van der Waals surface area contributed by atoms with E-state index in [4.69, 9.17) is 16.3 Å². The summed E-state index contributed by atoms with van der Waals surface area (Å²) in [6.45, 7) is 4.54. The van der Waals surface area contributed by atoms with Gasteiger partial charge in [-0.1, -0.05) is 30.7 Å². The smallest absolute Gasteiger partial charge is 0.289 e. The van der Waals surface area contributed by atoms with Crippen LogP contribution in [-0.2, 0) is 0 Å². The van der Waals surface area contributed by atoms with Crippen molar-refractivity contribution < 1.29 is 9.53 Å². The molecule has 0 saturated carbocycles. The predicted molar refractivity (Wildman–Crippen MR) is 111 cm³/mol. The third-order valence-electron chi connectivity index (χ3n) is 4.09. The molecule has 1 amide bonds. The molecule has 1 heterocycles. The molecule has 6 nitrogen and oxygen atoms in total. The fraction of sp³-hybridized carbons (Fsp3) is 0.190. The van der Waals surface area contributed by atoms with Crippen LogP contribution in [0.3, 0.4) is 0 Å². The maximum atomic E-state index is 12.4. The fourth-order valence-corrected chi connectivity index (χ4v) is 2.77. The highest BCUT2D eigenvalue weighted by atomic mass is 35.5. The van der Waals surface area contributed by atoms with Crippen LogP contribution in [0.4, 0.5) is 0 Å². The van der Waals surface area contributed by atoms with E-state index in [2.05, 4.69) is 20.7 Å². The van der Waals surface area contributed by atoms with Gasteiger partial charge in [-0.25, -0.2) is 5.43 Å². The Kier molecular flexibility index (Phi) is 6.45. The molecule has 0 spiro atoms. The number of amides is 1. The topological polar surface area (TPSA) is 79.4 Å². The quantitative estimate of drug-likeness (QED) is 0.449. The van der Waals surface area contributed by atoms with Gasteiger partial charge in [0.25, 0.3) is 5.91 Å². The van der Waals surface area contributed by atoms with Crippen LogP contribution in [0.1, 0.15) is 36.3 Å². The summed E-state index contributed by atoms with van der Waals surface area (Å²) in [5, 5.41) is 11.8. The Morgan fingerprint density at radius 2 is 1.86 bits per heavy atom. The van der Waals surface area contributed by atoms with Crippen LogP contribution >= 0.6 is 11.6 Å². The van der Waals surface area contributed by atoms with E-state index in [1.165, 1.54) is 0 Å². The molecular formula is C21H21ClN4O2. The van der Waals surface area contributed by atoms with Crippen LogP contribution in [0.25, 0.3) is 11.3 Å². The monoisotopic (exact) mass is 396 g/mol. The highest BCUT2D eigenvalue weighted by Crippen LogP contribution is 2.20. The summed E-state index contributed by atoms with van der Waals surface area (Å²) in [7, 11) is 0. The number of carbonyl (C=O) groups is 1. The Hall–Kier alpha value is -3.12. The first-order chi connectivity index (χ1) is 13.6. The highest BCUT2D eigenvalue weighted by molar-refractivity contribution is 6.30. The van der Waals surface area contributed by atoms with Gasteiger partial charge in [0.2, 0.25) is 0 Å². The largest absolute Gasteiger partial charge is 0.494 e. The number of ether oxygens (including phenoxy) is 1. The van der Waals surface area contributed by atoms with Gasteiger partial charge < -0.3 is 4.74 Å². The number of rotatable bonds is 7. The average Bonchev–Trinajstić information content (AvgIpc) is 3.20. The molecule has 0 bridgehead atoms. The molecule has 3 aromatic rings. The zero-order valence-electron chi connectivity index (χ0n) is 15.7. The summed E-state index contributed by atoms with van der Waals surface area (Å²) in [5.41, 5.74) is 6.15. The zero-order valence-corrected chi connectivity index (χ0v) is 16.5. The minimum atomic E-state index is -0.357. The predicted octanol–water partition coefficient (Wildman–Crippen LogP) is 4.67. The third kappa shape index (κ3) is 4.78. The van der Waals surface area contributed by atoms with E-state index in [0.717, 1.165) is 22.6 Å². The van der Waals surface area contributed by atoms with Crippen LogP contribution in [0.5, 0.6) is 5.75 Å². The summed E-state index contributed by atoms with van der Waals surface area (Å²) >= 11 is 5.90. The Bertz CT molecular complexity index is 963. The molecule has 2 N–H and O–H groups in total. The Labute approximate surface area is 168 Å². The normalized spacial score (nSPS) is 11.3. The van der Waals surface area contributed by atoms with Crippen molar-refractivity contribution in [3.63, 3.8) is 0 Å². The number of aromatic amines is 1. The molecule has 0 aliphatic carbocycles. The van der Waals surface area contributed by atoms with Gasteiger partial charge in [-0.3, -0.25) is 9.89 Å². The lowest BCUT2D eigenvalue weighted by Gasteiger charge is -2.07. The zero-order chi connectivity index (χ0) is 19.9. The molecule has 1 aromatic heterocycles. The van der Waals surface area contributed by atoms with Crippen LogP contribution in [0.15, 0.2) is 59.7 Å².